The smallest absolute Gasteiger partial charge is 0.269 e. The van der Waals surface area contributed by atoms with E-state index >= 15 is 0 Å². The first-order chi connectivity index (χ1) is 18.3. The number of fused-ring (bicyclic) bond motifs is 1. The Kier molecular flexibility index (Phi) is 7.85. The van der Waals surface area contributed by atoms with Crippen molar-refractivity contribution in [2.75, 3.05) is 36.4 Å². The molecule has 1 fully saturated rings. The molecule has 0 bridgehead atoms. The molecule has 1 aliphatic heterocycles. The fourth-order valence-electron chi connectivity index (χ4n) is 4.31. The lowest BCUT2D eigenvalue weighted by atomic mass is 10.1. The predicted octanol–water partition coefficient (Wildman–Crippen LogP) is 6.61. The van der Waals surface area contributed by atoms with E-state index in [0.29, 0.717) is 28.0 Å². The number of benzene rings is 3. The Bertz CT molecular complexity index is 1510. The Labute approximate surface area is 240 Å². The average Bonchev–Trinajstić information content (AvgIpc) is 3.24. The van der Waals surface area contributed by atoms with Crippen molar-refractivity contribution >= 4 is 85.1 Å². The standard InChI is InChI=1S/C28H24Cl2N4O2S2/c1-17-2-4-18(5-3-17)27(36)34-14-12-33(13-15-34)21-9-7-20(8-10-21)31-28(37)32-26(35)25-24(30)22-11-6-19(29)16-23(22)38-25/h2-11,16H,12-15H2,1H3,(H2,31,32,35,37). The number of nitrogens with one attached hydrogen (secondary N) is 2. The minimum atomic E-state index is -0.375. The second-order valence-electron chi connectivity index (χ2n) is 8.99. The van der Waals surface area contributed by atoms with Crippen LogP contribution < -0.4 is 15.5 Å². The fraction of sp³-hybridized carbons (Fsp3) is 0.179. The quantitative estimate of drug-likeness (QED) is 0.265. The number of carbonyl (C=O) groups is 2. The molecule has 1 saturated heterocycles. The molecule has 3 aromatic carbocycles. The van der Waals surface area contributed by atoms with Gasteiger partial charge in [-0.25, -0.2) is 0 Å². The van der Waals surface area contributed by atoms with Gasteiger partial charge >= 0.3 is 0 Å². The Morgan fingerprint density at radius 1 is 0.921 bits per heavy atom. The summed E-state index contributed by atoms with van der Waals surface area (Å²) < 4.78 is 0.836. The molecule has 0 saturated carbocycles. The molecule has 1 aliphatic rings. The highest BCUT2D eigenvalue weighted by molar-refractivity contribution is 7.80. The highest BCUT2D eigenvalue weighted by Crippen LogP contribution is 2.36. The number of anilines is 2. The zero-order chi connectivity index (χ0) is 26.8. The van der Waals surface area contributed by atoms with Gasteiger partial charge in [-0.05, 0) is 67.7 Å². The van der Waals surface area contributed by atoms with Gasteiger partial charge in [0.2, 0.25) is 0 Å². The summed E-state index contributed by atoms with van der Waals surface area (Å²) in [6.07, 6.45) is 0. The summed E-state index contributed by atoms with van der Waals surface area (Å²) in [5.74, 6) is -0.306. The maximum Gasteiger partial charge on any atom is 0.269 e. The lowest BCUT2D eigenvalue weighted by Crippen LogP contribution is -2.48. The zero-order valence-corrected chi connectivity index (χ0v) is 23.6. The highest BCUT2D eigenvalue weighted by Gasteiger charge is 2.22. The van der Waals surface area contributed by atoms with E-state index in [2.05, 4.69) is 15.5 Å². The largest absolute Gasteiger partial charge is 0.368 e. The zero-order valence-electron chi connectivity index (χ0n) is 20.5. The lowest BCUT2D eigenvalue weighted by Gasteiger charge is -2.36. The van der Waals surface area contributed by atoms with Gasteiger partial charge in [0, 0.05) is 58.2 Å². The van der Waals surface area contributed by atoms with Crippen LogP contribution in [-0.2, 0) is 0 Å². The van der Waals surface area contributed by atoms with Crippen molar-refractivity contribution in [3.63, 3.8) is 0 Å². The third-order valence-electron chi connectivity index (χ3n) is 6.38. The van der Waals surface area contributed by atoms with E-state index < -0.39 is 0 Å². The van der Waals surface area contributed by atoms with E-state index in [9.17, 15) is 9.59 Å². The molecule has 2 N–H and O–H groups in total. The summed E-state index contributed by atoms with van der Waals surface area (Å²) in [7, 11) is 0. The van der Waals surface area contributed by atoms with Crippen LogP contribution in [0.4, 0.5) is 11.4 Å². The maximum absolute atomic E-state index is 12.8. The number of hydrogen-bond donors (Lipinski definition) is 2. The summed E-state index contributed by atoms with van der Waals surface area (Å²) in [4.78, 5) is 30.1. The van der Waals surface area contributed by atoms with Crippen LogP contribution in [0.15, 0.2) is 66.7 Å². The summed E-state index contributed by atoms with van der Waals surface area (Å²) in [5.41, 5.74) is 3.67. The number of hydrogen-bond acceptors (Lipinski definition) is 5. The molecule has 6 nitrogen and oxygen atoms in total. The SMILES string of the molecule is Cc1ccc(C(=O)N2CCN(c3ccc(NC(=S)NC(=O)c4sc5cc(Cl)ccc5c4Cl)cc3)CC2)cc1. The number of piperazine rings is 1. The normalized spacial score (nSPS) is 13.4. The molecule has 38 heavy (non-hydrogen) atoms. The first kappa shape index (κ1) is 26.4. The van der Waals surface area contributed by atoms with Crippen LogP contribution in [0.1, 0.15) is 25.6 Å². The van der Waals surface area contributed by atoms with Gasteiger partial charge < -0.3 is 15.1 Å². The van der Waals surface area contributed by atoms with Crippen molar-refractivity contribution < 1.29 is 9.59 Å². The van der Waals surface area contributed by atoms with Crippen LogP contribution in [-0.4, -0.2) is 48.0 Å². The van der Waals surface area contributed by atoms with Gasteiger partial charge in [-0.2, -0.15) is 0 Å². The number of rotatable bonds is 4. The molecule has 0 unspecified atom stereocenters. The number of amides is 2. The molecule has 2 amide bonds. The molecule has 0 aliphatic carbocycles. The Morgan fingerprint density at radius 3 is 2.29 bits per heavy atom. The Morgan fingerprint density at radius 2 is 1.61 bits per heavy atom. The van der Waals surface area contributed by atoms with Crippen LogP contribution in [0.3, 0.4) is 0 Å². The van der Waals surface area contributed by atoms with E-state index in [0.717, 1.165) is 45.7 Å². The van der Waals surface area contributed by atoms with Crippen LogP contribution in [0.25, 0.3) is 10.1 Å². The van der Waals surface area contributed by atoms with Crippen molar-refractivity contribution in [1.82, 2.24) is 10.2 Å². The summed E-state index contributed by atoms with van der Waals surface area (Å²) in [6.45, 7) is 4.83. The molecule has 0 atom stereocenters. The van der Waals surface area contributed by atoms with Crippen LogP contribution in [0, 0.1) is 6.92 Å². The van der Waals surface area contributed by atoms with Crippen molar-refractivity contribution in [3.8, 4) is 0 Å². The number of nitrogens with zero attached hydrogens (tertiary/aromatic N) is 2. The third kappa shape index (κ3) is 5.78. The molecular weight excluding hydrogens is 559 g/mol. The van der Waals surface area contributed by atoms with Crippen molar-refractivity contribution in [3.05, 3.63) is 92.8 Å². The summed E-state index contributed by atoms with van der Waals surface area (Å²) in [6, 6.07) is 20.8. The average molecular weight is 584 g/mol. The number of halogens is 2. The highest BCUT2D eigenvalue weighted by atomic mass is 35.5. The third-order valence-corrected chi connectivity index (χ3v) is 8.48. The Hall–Kier alpha value is -3.17. The van der Waals surface area contributed by atoms with Crippen LogP contribution in [0.2, 0.25) is 10.0 Å². The molecule has 4 aromatic rings. The van der Waals surface area contributed by atoms with Gasteiger partial charge in [-0.3, -0.25) is 14.9 Å². The van der Waals surface area contributed by atoms with Crippen molar-refractivity contribution in [2.45, 2.75) is 6.92 Å². The number of carbonyl (C=O) groups excluding carboxylic acids is 2. The van der Waals surface area contributed by atoms with Gasteiger partial charge in [-0.1, -0.05) is 47.0 Å². The number of thiocarbonyl (C=S) groups is 1. The monoisotopic (exact) mass is 582 g/mol. The summed E-state index contributed by atoms with van der Waals surface area (Å²) >= 11 is 19.1. The van der Waals surface area contributed by atoms with Gasteiger partial charge in [-0.15, -0.1) is 11.3 Å². The van der Waals surface area contributed by atoms with Crippen LogP contribution in [0.5, 0.6) is 0 Å². The van der Waals surface area contributed by atoms with Gasteiger partial charge in [0.25, 0.3) is 11.8 Å². The predicted molar refractivity (Wildman–Crippen MR) is 161 cm³/mol. The molecular formula is C28H24Cl2N4O2S2. The molecule has 2 heterocycles. The Balaban J connectivity index is 1.15. The van der Waals surface area contributed by atoms with Gasteiger partial charge in [0.1, 0.15) is 4.88 Å². The molecule has 194 valence electrons. The van der Waals surface area contributed by atoms with E-state index in [-0.39, 0.29) is 16.9 Å². The molecule has 10 heteroatoms. The van der Waals surface area contributed by atoms with Gasteiger partial charge in [0.15, 0.2) is 5.11 Å². The van der Waals surface area contributed by atoms with E-state index in [1.807, 2.05) is 60.4 Å². The molecule has 0 radical (unpaired) electrons. The van der Waals surface area contributed by atoms with E-state index in [1.165, 1.54) is 11.3 Å². The topological polar surface area (TPSA) is 64.7 Å². The van der Waals surface area contributed by atoms with Crippen molar-refractivity contribution in [1.29, 1.82) is 0 Å². The van der Waals surface area contributed by atoms with Crippen molar-refractivity contribution in [2.24, 2.45) is 0 Å². The first-order valence-electron chi connectivity index (χ1n) is 12.0. The number of thiophene rings is 1. The van der Waals surface area contributed by atoms with E-state index in [1.54, 1.807) is 18.2 Å². The van der Waals surface area contributed by atoms with E-state index in [4.69, 9.17) is 35.4 Å². The second-order valence-corrected chi connectivity index (χ2v) is 11.3. The van der Waals surface area contributed by atoms with Gasteiger partial charge in [0.05, 0.1) is 5.02 Å². The molecule has 0 spiro atoms. The summed E-state index contributed by atoms with van der Waals surface area (Å²) in [5, 5.41) is 7.67. The second kappa shape index (κ2) is 11.3. The number of aryl methyl sites for hydroxylation is 1. The minimum absolute atomic E-state index is 0.0699. The molecule has 1 aromatic heterocycles. The first-order valence-corrected chi connectivity index (χ1v) is 14.0. The fourth-order valence-corrected chi connectivity index (χ4v) is 6.21. The minimum Gasteiger partial charge on any atom is -0.368 e. The van der Waals surface area contributed by atoms with Crippen LogP contribution >= 0.6 is 46.8 Å². The molecule has 5 rings (SSSR count). The maximum atomic E-state index is 12.8. The lowest BCUT2D eigenvalue weighted by molar-refractivity contribution is 0.0746.